The van der Waals surface area contributed by atoms with Crippen LogP contribution in [0, 0.1) is 5.92 Å². The molecule has 0 aliphatic rings. The minimum absolute atomic E-state index is 0.254. The number of carbonyl (C=O) groups excluding carboxylic acids is 1. The van der Waals surface area contributed by atoms with Crippen molar-refractivity contribution in [2.24, 2.45) is 5.92 Å². The van der Waals surface area contributed by atoms with Gasteiger partial charge in [-0.15, -0.1) is 0 Å². The van der Waals surface area contributed by atoms with Crippen molar-refractivity contribution < 1.29 is 32.3 Å². The summed E-state index contributed by atoms with van der Waals surface area (Å²) in [5, 5.41) is 11.6. The molecule has 0 aliphatic heterocycles. The Morgan fingerprint density at radius 1 is 0.963 bits per heavy atom. The molecule has 0 spiro atoms. The van der Waals surface area contributed by atoms with Gasteiger partial charge in [-0.2, -0.15) is 13.2 Å². The first kappa shape index (κ1) is 20.4. The Bertz CT molecular complexity index is 791. The van der Waals surface area contributed by atoms with Crippen LogP contribution in [0.4, 0.5) is 17.6 Å². The van der Waals surface area contributed by atoms with Gasteiger partial charge in [-0.3, -0.25) is 9.59 Å². The summed E-state index contributed by atoms with van der Waals surface area (Å²) < 4.78 is 52.2. The van der Waals surface area contributed by atoms with Crippen molar-refractivity contribution in [3.63, 3.8) is 0 Å². The van der Waals surface area contributed by atoms with E-state index in [0.717, 1.165) is 12.1 Å². The van der Waals surface area contributed by atoms with Crippen LogP contribution in [0.2, 0.25) is 0 Å². The molecule has 27 heavy (non-hydrogen) atoms. The Kier molecular flexibility index (Phi) is 6.20. The summed E-state index contributed by atoms with van der Waals surface area (Å²) in [4.78, 5) is 23.6. The average Bonchev–Trinajstić information content (AvgIpc) is 2.64. The van der Waals surface area contributed by atoms with E-state index in [9.17, 15) is 32.3 Å². The highest BCUT2D eigenvalue weighted by Gasteiger charge is 2.32. The Labute approximate surface area is 152 Å². The van der Waals surface area contributed by atoms with Crippen LogP contribution in [0.25, 0.3) is 0 Å². The lowest BCUT2D eigenvalue weighted by Gasteiger charge is -2.24. The molecule has 3 unspecified atom stereocenters. The number of carboxylic acid groups (broad SMARTS) is 1. The monoisotopic (exact) mass is 383 g/mol. The second-order valence-corrected chi connectivity index (χ2v) is 6.01. The Morgan fingerprint density at radius 3 is 2.00 bits per heavy atom. The van der Waals surface area contributed by atoms with E-state index in [4.69, 9.17) is 0 Å². The number of nitrogens with one attached hydrogen (secondary N) is 1. The van der Waals surface area contributed by atoms with Crippen LogP contribution >= 0.6 is 0 Å². The van der Waals surface area contributed by atoms with Gasteiger partial charge < -0.3 is 10.4 Å². The Balaban J connectivity index is 2.20. The molecule has 0 radical (unpaired) electrons. The Hall–Kier alpha value is -2.90. The topological polar surface area (TPSA) is 66.4 Å². The van der Waals surface area contributed by atoms with Gasteiger partial charge >= 0.3 is 12.1 Å². The number of hydrogen-bond acceptors (Lipinski definition) is 2. The highest BCUT2D eigenvalue weighted by atomic mass is 19.4. The van der Waals surface area contributed by atoms with Crippen molar-refractivity contribution in [1.29, 1.82) is 0 Å². The molecular weight excluding hydrogens is 366 g/mol. The van der Waals surface area contributed by atoms with E-state index in [-0.39, 0.29) is 5.56 Å². The number of amides is 1. The first-order valence-electron chi connectivity index (χ1n) is 8.00. The average molecular weight is 383 g/mol. The third kappa shape index (κ3) is 5.06. The predicted molar refractivity (Wildman–Crippen MR) is 89.4 cm³/mol. The summed E-state index contributed by atoms with van der Waals surface area (Å²) in [5.41, 5.74) is -0.740. The van der Waals surface area contributed by atoms with E-state index in [1.807, 2.05) is 0 Å². The van der Waals surface area contributed by atoms with E-state index in [2.05, 4.69) is 5.32 Å². The van der Waals surface area contributed by atoms with E-state index < -0.39 is 41.7 Å². The van der Waals surface area contributed by atoms with E-state index in [0.29, 0.717) is 17.7 Å². The molecule has 144 valence electrons. The van der Waals surface area contributed by atoms with Gasteiger partial charge in [0.1, 0.15) is 0 Å². The normalized spacial score (nSPS) is 14.9. The number of carbonyl (C=O) groups is 2. The van der Waals surface area contributed by atoms with Crippen molar-refractivity contribution in [2.75, 3.05) is 0 Å². The van der Waals surface area contributed by atoms with Crippen LogP contribution < -0.4 is 5.32 Å². The van der Waals surface area contributed by atoms with Crippen LogP contribution in [-0.4, -0.2) is 17.0 Å². The summed E-state index contributed by atoms with van der Waals surface area (Å²) in [6.07, 6.45) is -6.80. The van der Waals surface area contributed by atoms with Crippen LogP contribution in [0.3, 0.4) is 0 Å². The third-order valence-electron chi connectivity index (χ3n) is 4.11. The van der Waals surface area contributed by atoms with Gasteiger partial charge in [0.15, 0.2) is 0 Å². The van der Waals surface area contributed by atoms with Crippen molar-refractivity contribution in [2.45, 2.75) is 25.3 Å². The quantitative estimate of drug-likeness (QED) is 0.731. The number of benzene rings is 2. The summed E-state index contributed by atoms with van der Waals surface area (Å²) in [5.74, 6) is -3.36. The van der Waals surface area contributed by atoms with Gasteiger partial charge in [0, 0.05) is 0 Å². The molecule has 0 saturated carbocycles. The molecule has 2 N–H and O–H groups in total. The summed E-state index contributed by atoms with van der Waals surface area (Å²) in [7, 11) is 0. The van der Waals surface area contributed by atoms with Crippen LogP contribution in [0.15, 0.2) is 54.6 Å². The molecule has 0 fully saturated rings. The summed E-state index contributed by atoms with van der Waals surface area (Å²) in [6.45, 7) is 1.37. The SMILES string of the molecule is CC(C(=O)O)C(NC(=O)C(F)c1ccc(C(F)(F)F)cc1)c1ccccc1. The zero-order chi connectivity index (χ0) is 20.2. The number of halogens is 4. The molecular formula is C19H17F4NO3. The fraction of sp³-hybridized carbons (Fsp3) is 0.263. The minimum atomic E-state index is -4.57. The van der Waals surface area contributed by atoms with E-state index >= 15 is 0 Å². The van der Waals surface area contributed by atoms with Crippen molar-refractivity contribution in [3.8, 4) is 0 Å². The van der Waals surface area contributed by atoms with Gasteiger partial charge in [-0.05, 0) is 30.2 Å². The lowest BCUT2D eigenvalue weighted by molar-refractivity contribution is -0.142. The smallest absolute Gasteiger partial charge is 0.416 e. The lowest BCUT2D eigenvalue weighted by Crippen LogP contribution is -2.37. The lowest BCUT2D eigenvalue weighted by atomic mass is 9.94. The van der Waals surface area contributed by atoms with Gasteiger partial charge in [-0.25, -0.2) is 4.39 Å². The molecule has 8 heteroatoms. The Morgan fingerprint density at radius 2 is 1.52 bits per heavy atom. The van der Waals surface area contributed by atoms with Gasteiger partial charge in [0.25, 0.3) is 5.91 Å². The van der Waals surface area contributed by atoms with Crippen LogP contribution in [0.1, 0.15) is 35.8 Å². The maximum absolute atomic E-state index is 14.5. The fourth-order valence-corrected chi connectivity index (χ4v) is 2.52. The van der Waals surface area contributed by atoms with Crippen LogP contribution in [-0.2, 0) is 15.8 Å². The number of rotatable bonds is 6. The number of aliphatic carboxylic acids is 1. The second-order valence-electron chi connectivity index (χ2n) is 6.01. The molecule has 1 amide bonds. The molecule has 0 saturated heterocycles. The van der Waals surface area contributed by atoms with Crippen molar-refractivity contribution in [3.05, 3.63) is 71.3 Å². The standard InChI is InChI=1S/C19H17F4NO3/c1-11(18(26)27)16(13-5-3-2-4-6-13)24-17(25)15(20)12-7-9-14(10-8-12)19(21,22)23/h2-11,15-16H,1H3,(H,24,25)(H,26,27). The van der Waals surface area contributed by atoms with Crippen molar-refractivity contribution >= 4 is 11.9 Å². The summed E-state index contributed by atoms with van der Waals surface area (Å²) >= 11 is 0. The van der Waals surface area contributed by atoms with Gasteiger partial charge in [0.2, 0.25) is 6.17 Å². The summed E-state index contributed by atoms with van der Waals surface area (Å²) in [6, 6.07) is 10.3. The molecule has 4 nitrogen and oxygen atoms in total. The maximum Gasteiger partial charge on any atom is 0.416 e. The van der Waals surface area contributed by atoms with Gasteiger partial charge in [-0.1, -0.05) is 42.5 Å². The highest BCUT2D eigenvalue weighted by Crippen LogP contribution is 2.31. The predicted octanol–water partition coefficient (Wildman–Crippen LogP) is 4.29. The van der Waals surface area contributed by atoms with Crippen LogP contribution in [0.5, 0.6) is 0 Å². The molecule has 2 rings (SSSR count). The first-order valence-corrected chi connectivity index (χ1v) is 8.00. The fourth-order valence-electron chi connectivity index (χ4n) is 2.52. The number of carboxylic acids is 1. The number of alkyl halides is 4. The highest BCUT2D eigenvalue weighted by molar-refractivity contribution is 5.83. The largest absolute Gasteiger partial charge is 0.481 e. The maximum atomic E-state index is 14.5. The molecule has 0 heterocycles. The molecule has 0 aliphatic carbocycles. The molecule has 2 aromatic rings. The zero-order valence-corrected chi connectivity index (χ0v) is 14.2. The molecule has 0 bridgehead atoms. The molecule has 3 atom stereocenters. The van der Waals surface area contributed by atoms with Gasteiger partial charge in [0.05, 0.1) is 17.5 Å². The minimum Gasteiger partial charge on any atom is -0.481 e. The zero-order valence-electron chi connectivity index (χ0n) is 14.2. The van der Waals surface area contributed by atoms with Crippen molar-refractivity contribution in [1.82, 2.24) is 5.32 Å². The van der Waals surface area contributed by atoms with E-state index in [1.165, 1.54) is 6.92 Å². The van der Waals surface area contributed by atoms with E-state index in [1.54, 1.807) is 30.3 Å². The molecule has 0 aromatic heterocycles. The first-order chi connectivity index (χ1) is 12.6. The second kappa shape index (κ2) is 8.20. The molecule has 2 aromatic carbocycles. The number of hydrogen-bond donors (Lipinski definition) is 2. The third-order valence-corrected chi connectivity index (χ3v) is 4.11.